The minimum absolute atomic E-state index is 0.0853. The molecule has 1 unspecified atom stereocenters. The van der Waals surface area contributed by atoms with Gasteiger partial charge in [-0.1, -0.05) is 6.07 Å². The van der Waals surface area contributed by atoms with Crippen LogP contribution in [0.4, 0.5) is 0 Å². The van der Waals surface area contributed by atoms with Gasteiger partial charge < -0.3 is 14.4 Å². The van der Waals surface area contributed by atoms with Crippen LogP contribution in [0.5, 0.6) is 5.75 Å². The van der Waals surface area contributed by atoms with Crippen molar-refractivity contribution in [1.82, 2.24) is 10.2 Å². The second-order valence-electron chi connectivity index (χ2n) is 5.52. The van der Waals surface area contributed by atoms with Gasteiger partial charge in [-0.25, -0.2) is 0 Å². The zero-order valence-electron chi connectivity index (χ0n) is 13.2. The molecule has 21 heavy (non-hydrogen) atoms. The van der Waals surface area contributed by atoms with Crippen molar-refractivity contribution < 1.29 is 14.3 Å². The van der Waals surface area contributed by atoms with Crippen molar-refractivity contribution in [3.8, 4) is 5.75 Å². The molecule has 5 heteroatoms. The molecular formula is C16H24N2O3. The zero-order chi connectivity index (χ0) is 15.4. The molecule has 1 heterocycles. The minimum atomic E-state index is -0.0853. The maximum Gasteiger partial charge on any atom is 0.238 e. The highest BCUT2D eigenvalue weighted by Gasteiger charge is 2.31. The fourth-order valence-electron chi connectivity index (χ4n) is 2.55. The summed E-state index contributed by atoms with van der Waals surface area (Å²) in [5.41, 5.74) is 2.14. The number of carbonyl (C=O) groups is 1. The molecule has 0 saturated carbocycles. The lowest BCUT2D eigenvalue weighted by molar-refractivity contribution is -0.129. The van der Waals surface area contributed by atoms with E-state index in [1.807, 2.05) is 37.8 Å². The van der Waals surface area contributed by atoms with Gasteiger partial charge in [0.15, 0.2) is 0 Å². The number of nitrogens with one attached hydrogen (secondary N) is 1. The summed E-state index contributed by atoms with van der Waals surface area (Å²) in [5.74, 6) is 0.971. The molecule has 5 nitrogen and oxygen atoms in total. The normalized spacial score (nSPS) is 18.6. The van der Waals surface area contributed by atoms with Gasteiger partial charge >= 0.3 is 0 Å². The Bertz CT molecular complexity index is 502. The highest BCUT2D eigenvalue weighted by molar-refractivity contribution is 5.81. The standard InChI is InChI=1S/C16H24N2O3/c1-11(2)21-8-7-18-15(19)10-17-16(18)13-5-6-14(20-4)12(3)9-13/h5-6,9,11,16-17H,7-8,10H2,1-4H3. The van der Waals surface area contributed by atoms with Crippen molar-refractivity contribution in [3.05, 3.63) is 29.3 Å². The van der Waals surface area contributed by atoms with E-state index in [0.717, 1.165) is 16.9 Å². The summed E-state index contributed by atoms with van der Waals surface area (Å²) in [6.45, 7) is 7.52. The average molecular weight is 292 g/mol. The third-order valence-electron chi connectivity index (χ3n) is 3.60. The number of methoxy groups -OCH3 is 1. The molecular weight excluding hydrogens is 268 g/mol. The van der Waals surface area contributed by atoms with Crippen molar-refractivity contribution in [2.45, 2.75) is 33.0 Å². The zero-order valence-corrected chi connectivity index (χ0v) is 13.2. The quantitative estimate of drug-likeness (QED) is 0.869. The second kappa shape index (κ2) is 6.91. The van der Waals surface area contributed by atoms with Crippen LogP contribution in [0.1, 0.15) is 31.1 Å². The SMILES string of the molecule is COc1ccc(C2NCC(=O)N2CCOC(C)C)cc1C. The molecule has 0 aromatic heterocycles. The average Bonchev–Trinajstić information content (AvgIpc) is 2.80. The molecule has 0 spiro atoms. The van der Waals surface area contributed by atoms with Gasteiger partial charge in [0.05, 0.1) is 26.4 Å². The first kappa shape index (κ1) is 15.8. The molecule has 1 fully saturated rings. The molecule has 1 aliphatic rings. The van der Waals surface area contributed by atoms with Crippen molar-refractivity contribution in [2.24, 2.45) is 0 Å². The molecule has 1 amide bonds. The van der Waals surface area contributed by atoms with E-state index < -0.39 is 0 Å². The Labute approximate surface area is 126 Å². The molecule has 116 valence electrons. The van der Waals surface area contributed by atoms with Crippen molar-refractivity contribution >= 4 is 5.91 Å². The molecule has 0 radical (unpaired) electrons. The largest absolute Gasteiger partial charge is 0.496 e. The van der Waals surface area contributed by atoms with Gasteiger partial charge in [0.25, 0.3) is 0 Å². The highest BCUT2D eigenvalue weighted by atomic mass is 16.5. The van der Waals surface area contributed by atoms with E-state index in [9.17, 15) is 4.79 Å². The maximum atomic E-state index is 12.0. The molecule has 1 aromatic rings. The van der Waals surface area contributed by atoms with Crippen LogP contribution < -0.4 is 10.1 Å². The van der Waals surface area contributed by atoms with E-state index in [0.29, 0.717) is 19.7 Å². The van der Waals surface area contributed by atoms with Gasteiger partial charge in [0.2, 0.25) is 5.91 Å². The van der Waals surface area contributed by atoms with Gasteiger partial charge in [-0.2, -0.15) is 0 Å². The van der Waals surface area contributed by atoms with Crippen molar-refractivity contribution in [2.75, 3.05) is 26.8 Å². The topological polar surface area (TPSA) is 50.8 Å². The molecule has 1 aromatic carbocycles. The number of rotatable bonds is 6. The summed E-state index contributed by atoms with van der Waals surface area (Å²) in [5, 5.41) is 3.26. The van der Waals surface area contributed by atoms with Crippen LogP contribution in [0.15, 0.2) is 18.2 Å². The molecule has 2 rings (SSSR count). The number of benzene rings is 1. The number of hydrogen-bond donors (Lipinski definition) is 1. The van der Waals surface area contributed by atoms with E-state index >= 15 is 0 Å². The van der Waals surface area contributed by atoms with Crippen LogP contribution in [-0.2, 0) is 9.53 Å². The van der Waals surface area contributed by atoms with Crippen molar-refractivity contribution in [1.29, 1.82) is 0 Å². The Hall–Kier alpha value is -1.59. The molecule has 1 saturated heterocycles. The first-order chi connectivity index (χ1) is 10.0. The summed E-state index contributed by atoms with van der Waals surface area (Å²) >= 11 is 0. The second-order valence-corrected chi connectivity index (χ2v) is 5.52. The number of nitrogens with zero attached hydrogens (tertiary/aromatic N) is 1. The highest BCUT2D eigenvalue weighted by Crippen LogP contribution is 2.26. The number of hydrogen-bond acceptors (Lipinski definition) is 4. The maximum absolute atomic E-state index is 12.0. The van der Waals surface area contributed by atoms with E-state index in [1.54, 1.807) is 7.11 Å². The van der Waals surface area contributed by atoms with Crippen LogP contribution in [0, 0.1) is 6.92 Å². The smallest absolute Gasteiger partial charge is 0.238 e. The Morgan fingerprint density at radius 1 is 1.43 bits per heavy atom. The number of aryl methyl sites for hydroxylation is 1. The van der Waals surface area contributed by atoms with Gasteiger partial charge in [-0.3, -0.25) is 10.1 Å². The Morgan fingerprint density at radius 2 is 2.19 bits per heavy atom. The van der Waals surface area contributed by atoms with Crippen LogP contribution >= 0.6 is 0 Å². The van der Waals surface area contributed by atoms with Crippen molar-refractivity contribution in [3.63, 3.8) is 0 Å². The Morgan fingerprint density at radius 3 is 2.81 bits per heavy atom. The number of carbonyl (C=O) groups excluding carboxylic acids is 1. The lowest BCUT2D eigenvalue weighted by Crippen LogP contribution is -2.33. The predicted octanol–water partition coefficient (Wildman–Crippen LogP) is 1.86. The molecule has 1 atom stereocenters. The van der Waals surface area contributed by atoms with Crippen LogP contribution in [0.25, 0.3) is 0 Å². The lowest BCUT2D eigenvalue weighted by atomic mass is 10.1. The van der Waals surface area contributed by atoms with Crippen LogP contribution in [0.2, 0.25) is 0 Å². The van der Waals surface area contributed by atoms with Crippen LogP contribution in [0.3, 0.4) is 0 Å². The van der Waals surface area contributed by atoms with Crippen LogP contribution in [-0.4, -0.2) is 43.7 Å². The van der Waals surface area contributed by atoms with Gasteiger partial charge in [-0.15, -0.1) is 0 Å². The van der Waals surface area contributed by atoms with E-state index in [1.165, 1.54) is 0 Å². The first-order valence-electron chi connectivity index (χ1n) is 7.32. The summed E-state index contributed by atoms with van der Waals surface area (Å²) in [6.07, 6.45) is 0.0928. The van der Waals surface area contributed by atoms with E-state index in [2.05, 4.69) is 11.4 Å². The molecule has 0 aliphatic carbocycles. The predicted molar refractivity (Wildman–Crippen MR) is 81.3 cm³/mol. The monoisotopic (exact) mass is 292 g/mol. The minimum Gasteiger partial charge on any atom is -0.496 e. The molecule has 1 aliphatic heterocycles. The summed E-state index contributed by atoms with van der Waals surface area (Å²) in [6, 6.07) is 6.00. The fourth-order valence-corrected chi connectivity index (χ4v) is 2.55. The Kier molecular flexibility index (Phi) is 5.20. The third-order valence-corrected chi connectivity index (χ3v) is 3.60. The fraction of sp³-hybridized carbons (Fsp3) is 0.562. The first-order valence-corrected chi connectivity index (χ1v) is 7.32. The summed E-state index contributed by atoms with van der Waals surface area (Å²) in [7, 11) is 1.66. The Balaban J connectivity index is 2.09. The number of ether oxygens (including phenoxy) is 2. The van der Waals surface area contributed by atoms with Gasteiger partial charge in [0.1, 0.15) is 11.9 Å². The van der Waals surface area contributed by atoms with E-state index in [4.69, 9.17) is 9.47 Å². The summed E-state index contributed by atoms with van der Waals surface area (Å²) < 4.78 is 10.8. The van der Waals surface area contributed by atoms with Gasteiger partial charge in [0, 0.05) is 6.54 Å². The third kappa shape index (κ3) is 3.74. The summed E-state index contributed by atoms with van der Waals surface area (Å²) in [4.78, 5) is 13.9. The van der Waals surface area contributed by atoms with E-state index in [-0.39, 0.29) is 18.2 Å². The number of amides is 1. The molecule has 0 bridgehead atoms. The lowest BCUT2D eigenvalue weighted by Gasteiger charge is -2.25. The van der Waals surface area contributed by atoms with Gasteiger partial charge in [-0.05, 0) is 44.0 Å². The molecule has 1 N–H and O–H groups in total.